The van der Waals surface area contributed by atoms with Gasteiger partial charge in [0.15, 0.2) is 0 Å². The molecule has 0 spiro atoms. The summed E-state index contributed by atoms with van der Waals surface area (Å²) in [6, 6.07) is 19.6. The Morgan fingerprint density at radius 1 is 1.00 bits per heavy atom. The van der Waals surface area contributed by atoms with Gasteiger partial charge < -0.3 is 10.4 Å². The molecule has 122 valence electrons. The van der Waals surface area contributed by atoms with E-state index >= 15 is 0 Å². The van der Waals surface area contributed by atoms with Crippen LogP contribution in [0.5, 0.6) is 0 Å². The second kappa shape index (κ2) is 9.11. The minimum Gasteiger partial charge on any atom is -0.480 e. The highest BCUT2D eigenvalue weighted by atomic mass is 16.4. The van der Waals surface area contributed by atoms with Crippen LogP contribution in [0.15, 0.2) is 60.7 Å². The predicted octanol–water partition coefficient (Wildman–Crippen LogP) is 3.54. The third-order valence-electron chi connectivity index (χ3n) is 4.06. The molecule has 1 unspecified atom stereocenters. The summed E-state index contributed by atoms with van der Waals surface area (Å²) in [5.74, 6) is -0.350. The van der Waals surface area contributed by atoms with E-state index in [2.05, 4.69) is 36.5 Å². The van der Waals surface area contributed by atoms with Gasteiger partial charge in [-0.05, 0) is 42.9 Å². The zero-order chi connectivity index (χ0) is 16.5. The maximum absolute atomic E-state index is 11.4. The molecule has 0 aromatic heterocycles. The van der Waals surface area contributed by atoms with E-state index in [1.54, 1.807) is 0 Å². The molecule has 3 heteroatoms. The van der Waals surface area contributed by atoms with Crippen LogP contribution in [0.1, 0.15) is 24.5 Å². The van der Waals surface area contributed by atoms with Crippen LogP contribution < -0.4 is 5.32 Å². The summed E-state index contributed by atoms with van der Waals surface area (Å²) >= 11 is 0. The Labute approximate surface area is 138 Å². The number of aryl methyl sites for hydroxylation is 1. The number of carbonyl (C=O) groups is 1. The molecule has 0 fully saturated rings. The van der Waals surface area contributed by atoms with Crippen molar-refractivity contribution in [2.75, 3.05) is 6.54 Å². The van der Waals surface area contributed by atoms with Crippen molar-refractivity contribution in [3.05, 3.63) is 71.8 Å². The highest BCUT2D eigenvalue weighted by Crippen LogP contribution is 2.10. The zero-order valence-corrected chi connectivity index (χ0v) is 13.6. The summed E-state index contributed by atoms with van der Waals surface area (Å²) < 4.78 is 0. The molecule has 3 nitrogen and oxygen atoms in total. The van der Waals surface area contributed by atoms with Crippen LogP contribution in [-0.2, 0) is 17.6 Å². The van der Waals surface area contributed by atoms with Crippen molar-refractivity contribution in [3.8, 4) is 0 Å². The third-order valence-corrected chi connectivity index (χ3v) is 4.06. The van der Waals surface area contributed by atoms with Crippen molar-refractivity contribution in [2.24, 2.45) is 5.92 Å². The van der Waals surface area contributed by atoms with Gasteiger partial charge in [-0.15, -0.1) is 0 Å². The zero-order valence-electron chi connectivity index (χ0n) is 13.6. The minimum absolute atomic E-state index is 0.438. The maximum atomic E-state index is 11.4. The smallest absolute Gasteiger partial charge is 0.321 e. The van der Waals surface area contributed by atoms with Crippen LogP contribution in [0.3, 0.4) is 0 Å². The Balaban J connectivity index is 1.78. The van der Waals surface area contributed by atoms with Gasteiger partial charge in [0.05, 0.1) is 0 Å². The second-order valence-corrected chi connectivity index (χ2v) is 6.12. The molecule has 2 aromatic rings. The van der Waals surface area contributed by atoms with Gasteiger partial charge in [0.1, 0.15) is 6.04 Å². The first-order chi connectivity index (χ1) is 11.1. The van der Waals surface area contributed by atoms with E-state index in [0.29, 0.717) is 12.3 Å². The second-order valence-electron chi connectivity index (χ2n) is 6.12. The summed E-state index contributed by atoms with van der Waals surface area (Å²) in [7, 11) is 0. The van der Waals surface area contributed by atoms with Crippen LogP contribution in [0.25, 0.3) is 0 Å². The summed E-state index contributed by atoms with van der Waals surface area (Å²) in [5.41, 5.74) is 2.38. The normalized spacial score (nSPS) is 13.4. The SMILES string of the molecule is CC(CCc1ccccc1)CN[C@@H](Cc1ccccc1)C(=O)O. The molecule has 2 N–H and O–H groups in total. The van der Waals surface area contributed by atoms with Crippen molar-refractivity contribution in [3.63, 3.8) is 0 Å². The molecule has 0 amide bonds. The molecule has 2 aromatic carbocycles. The highest BCUT2D eigenvalue weighted by Gasteiger charge is 2.18. The van der Waals surface area contributed by atoms with Crippen molar-refractivity contribution < 1.29 is 9.90 Å². The number of nitrogens with one attached hydrogen (secondary N) is 1. The number of benzene rings is 2. The monoisotopic (exact) mass is 311 g/mol. The number of carboxylic acids is 1. The molecule has 0 aliphatic carbocycles. The Kier molecular flexibility index (Phi) is 6.82. The first-order valence-corrected chi connectivity index (χ1v) is 8.19. The van der Waals surface area contributed by atoms with Gasteiger partial charge in [0.2, 0.25) is 0 Å². The number of hydrogen-bond acceptors (Lipinski definition) is 2. The molecule has 0 aliphatic rings. The quantitative estimate of drug-likeness (QED) is 0.744. The molecule has 0 radical (unpaired) electrons. The van der Waals surface area contributed by atoms with Crippen molar-refractivity contribution >= 4 is 5.97 Å². The van der Waals surface area contributed by atoms with Gasteiger partial charge in [-0.25, -0.2) is 0 Å². The molecule has 2 atom stereocenters. The van der Waals surface area contributed by atoms with Gasteiger partial charge in [-0.1, -0.05) is 67.6 Å². The van der Waals surface area contributed by atoms with E-state index in [1.807, 2.05) is 36.4 Å². The van der Waals surface area contributed by atoms with Crippen LogP contribution in [0.2, 0.25) is 0 Å². The molecule has 0 aliphatic heterocycles. The van der Waals surface area contributed by atoms with Crippen LogP contribution in [0.4, 0.5) is 0 Å². The summed E-state index contributed by atoms with van der Waals surface area (Å²) in [5, 5.41) is 12.6. The molecule has 2 rings (SSSR count). The Morgan fingerprint density at radius 2 is 1.57 bits per heavy atom. The first kappa shape index (κ1) is 17.2. The molecule has 0 saturated carbocycles. The minimum atomic E-state index is -0.788. The lowest BCUT2D eigenvalue weighted by molar-refractivity contribution is -0.139. The Hall–Kier alpha value is -2.13. The number of hydrogen-bond donors (Lipinski definition) is 2. The number of aliphatic carboxylic acids is 1. The van der Waals surface area contributed by atoms with Crippen molar-refractivity contribution in [1.82, 2.24) is 5.32 Å². The third kappa shape index (κ3) is 6.25. The fourth-order valence-electron chi connectivity index (χ4n) is 2.60. The lowest BCUT2D eigenvalue weighted by atomic mass is 10.00. The van der Waals surface area contributed by atoms with Crippen LogP contribution in [-0.4, -0.2) is 23.7 Å². The van der Waals surface area contributed by atoms with Gasteiger partial charge in [0, 0.05) is 0 Å². The molecule has 23 heavy (non-hydrogen) atoms. The lowest BCUT2D eigenvalue weighted by Gasteiger charge is -2.18. The Bertz CT molecular complexity index is 583. The standard InChI is InChI=1S/C20H25NO2/c1-16(12-13-17-8-4-2-5-9-17)15-21-19(20(22)23)14-18-10-6-3-7-11-18/h2-11,16,19,21H,12-15H2,1H3,(H,22,23)/t16?,19-/m0/s1. The van der Waals surface area contributed by atoms with Gasteiger partial charge in [0.25, 0.3) is 0 Å². The summed E-state index contributed by atoms with van der Waals surface area (Å²) in [4.78, 5) is 11.4. The van der Waals surface area contributed by atoms with Gasteiger partial charge >= 0.3 is 5.97 Å². The van der Waals surface area contributed by atoms with Crippen LogP contribution >= 0.6 is 0 Å². The van der Waals surface area contributed by atoms with E-state index in [9.17, 15) is 9.90 Å². The largest absolute Gasteiger partial charge is 0.480 e. The maximum Gasteiger partial charge on any atom is 0.321 e. The topological polar surface area (TPSA) is 49.3 Å². The van der Waals surface area contributed by atoms with E-state index < -0.39 is 12.0 Å². The van der Waals surface area contributed by atoms with Crippen LogP contribution in [0, 0.1) is 5.92 Å². The molecule has 0 bridgehead atoms. The van der Waals surface area contributed by atoms with Gasteiger partial charge in [-0.3, -0.25) is 4.79 Å². The molecule has 0 heterocycles. The molecular weight excluding hydrogens is 286 g/mol. The van der Waals surface area contributed by atoms with Crippen molar-refractivity contribution in [2.45, 2.75) is 32.2 Å². The predicted molar refractivity (Wildman–Crippen MR) is 93.5 cm³/mol. The van der Waals surface area contributed by atoms with E-state index in [1.165, 1.54) is 5.56 Å². The summed E-state index contributed by atoms with van der Waals surface area (Å²) in [6.45, 7) is 2.88. The lowest BCUT2D eigenvalue weighted by Crippen LogP contribution is -2.40. The first-order valence-electron chi connectivity index (χ1n) is 8.19. The number of carboxylic acid groups (broad SMARTS) is 1. The molecular formula is C20H25NO2. The fourth-order valence-corrected chi connectivity index (χ4v) is 2.60. The highest BCUT2D eigenvalue weighted by molar-refractivity contribution is 5.73. The average molecular weight is 311 g/mol. The fraction of sp³-hybridized carbons (Fsp3) is 0.350. The number of rotatable bonds is 9. The van der Waals surface area contributed by atoms with Gasteiger partial charge in [-0.2, -0.15) is 0 Å². The average Bonchev–Trinajstić information content (AvgIpc) is 2.58. The Morgan fingerprint density at radius 3 is 2.13 bits per heavy atom. The van der Waals surface area contributed by atoms with E-state index in [0.717, 1.165) is 24.9 Å². The van der Waals surface area contributed by atoms with Crippen molar-refractivity contribution in [1.29, 1.82) is 0 Å². The molecule has 0 saturated heterocycles. The van der Waals surface area contributed by atoms with E-state index in [-0.39, 0.29) is 0 Å². The summed E-state index contributed by atoms with van der Waals surface area (Å²) in [6.07, 6.45) is 2.59. The van der Waals surface area contributed by atoms with E-state index in [4.69, 9.17) is 0 Å².